The topological polar surface area (TPSA) is 0 Å². The highest BCUT2D eigenvalue weighted by Crippen LogP contribution is 1.79. The molecule has 0 fully saturated rings. The van der Waals surface area contributed by atoms with Crippen molar-refractivity contribution in [2.75, 3.05) is 0 Å². The minimum Gasteiger partial charge on any atom is -0.107 e. The van der Waals surface area contributed by atoms with Gasteiger partial charge in [-0.3, -0.25) is 0 Å². The van der Waals surface area contributed by atoms with E-state index in [9.17, 15) is 0 Å². The van der Waals surface area contributed by atoms with E-state index in [4.69, 9.17) is 0 Å². The highest BCUT2D eigenvalue weighted by molar-refractivity contribution is 4.99. The summed E-state index contributed by atoms with van der Waals surface area (Å²) >= 11 is 0. The molecule has 0 aromatic heterocycles. The van der Waals surface area contributed by atoms with E-state index in [0.717, 1.165) is 0 Å². The molecule has 0 saturated carbocycles. The van der Waals surface area contributed by atoms with Crippen LogP contribution in [0, 0.1) is 11.8 Å². The maximum absolute atomic E-state index is 2.68. The van der Waals surface area contributed by atoms with E-state index in [1.807, 2.05) is 77.9 Å². The Labute approximate surface area is 112 Å². The van der Waals surface area contributed by atoms with Crippen LogP contribution in [0.5, 0.6) is 0 Å². The lowest BCUT2D eigenvalue weighted by Crippen LogP contribution is -1.47. The van der Waals surface area contributed by atoms with Crippen molar-refractivity contribution in [2.45, 2.75) is 61.8 Å². The third-order valence-corrected chi connectivity index (χ3v) is 0.917. The summed E-state index contributed by atoms with van der Waals surface area (Å²) in [6.45, 7) is 15.9. The Bertz CT molecular complexity index is 173. The van der Waals surface area contributed by atoms with Crippen molar-refractivity contribution in [1.82, 2.24) is 0 Å². The van der Waals surface area contributed by atoms with Crippen molar-refractivity contribution >= 4 is 0 Å². The Kier molecular flexibility index (Phi) is 67.8. The van der Waals surface area contributed by atoms with E-state index in [-0.39, 0.29) is 1.43 Å². The standard InChI is InChI=1S/C6H6.C4H6.C3H8.2C2H6.H2/c1-2-4-6-5-3-1;1-3-4-2;1-3-2;2*1-2;/h1-6H;1-2H3;3H2,1-2H3;2*1-2H3;1H. The molecule has 0 heterocycles. The maximum Gasteiger partial charge on any atom is 0 e. The largest absolute Gasteiger partial charge is 0.107 e. The van der Waals surface area contributed by atoms with Crippen molar-refractivity contribution in [3.8, 4) is 11.8 Å². The van der Waals surface area contributed by atoms with Crippen molar-refractivity contribution in [3.63, 3.8) is 0 Å². The summed E-state index contributed by atoms with van der Waals surface area (Å²) in [5.74, 6) is 5.36. The first-order chi connectivity index (χ1) is 8.33. The van der Waals surface area contributed by atoms with Gasteiger partial charge in [-0.15, -0.1) is 11.8 Å². The quantitative estimate of drug-likeness (QED) is 0.457. The molecule has 0 bridgehead atoms. The monoisotopic (exact) mass is 238 g/mol. The summed E-state index contributed by atoms with van der Waals surface area (Å²) in [5, 5.41) is 0. The first-order valence-corrected chi connectivity index (χ1v) is 6.66. The Hall–Kier alpha value is -1.22. The third-order valence-electron chi connectivity index (χ3n) is 0.917. The lowest BCUT2D eigenvalue weighted by molar-refractivity contribution is 1.09. The molecule has 0 atom stereocenters. The van der Waals surface area contributed by atoms with Gasteiger partial charge in [-0.2, -0.15) is 0 Å². The maximum atomic E-state index is 2.68. The summed E-state index contributed by atoms with van der Waals surface area (Å²) in [7, 11) is 0. The van der Waals surface area contributed by atoms with Gasteiger partial charge in [-0.25, -0.2) is 0 Å². The molecule has 0 spiro atoms. The highest BCUT2D eigenvalue weighted by atomic mass is 13.6. The van der Waals surface area contributed by atoms with E-state index < -0.39 is 0 Å². The highest BCUT2D eigenvalue weighted by Gasteiger charge is 1.57. The van der Waals surface area contributed by atoms with Gasteiger partial charge in [0, 0.05) is 1.43 Å². The Balaban J connectivity index is -0.0000000421. The number of benzene rings is 1. The lowest BCUT2D eigenvalue weighted by Gasteiger charge is -1.69. The van der Waals surface area contributed by atoms with Gasteiger partial charge in [-0.05, 0) is 13.8 Å². The summed E-state index contributed by atoms with van der Waals surface area (Å²) < 4.78 is 0. The van der Waals surface area contributed by atoms with Crippen LogP contribution in [0.1, 0.15) is 63.2 Å². The second-order valence-corrected chi connectivity index (χ2v) is 2.36. The molecule has 0 saturated heterocycles. The Morgan fingerprint density at radius 1 is 0.647 bits per heavy atom. The fourth-order valence-corrected chi connectivity index (χ4v) is 0.385. The fourth-order valence-electron chi connectivity index (χ4n) is 0.385. The SMILES string of the molecule is CC.CC.CC#CC.CCC.[HH].c1ccccc1. The van der Waals surface area contributed by atoms with Gasteiger partial charge in [0.15, 0.2) is 0 Å². The third kappa shape index (κ3) is 72.3. The molecule has 0 aliphatic heterocycles. The molecular weight excluding hydrogens is 204 g/mol. The number of hydrogen-bond acceptors (Lipinski definition) is 0. The average Bonchev–Trinajstić information content (AvgIpc) is 2.46. The van der Waals surface area contributed by atoms with E-state index in [0.29, 0.717) is 0 Å². The van der Waals surface area contributed by atoms with Crippen molar-refractivity contribution in [3.05, 3.63) is 36.4 Å². The molecule has 1 aromatic rings. The van der Waals surface area contributed by atoms with Gasteiger partial charge >= 0.3 is 0 Å². The molecule has 17 heavy (non-hydrogen) atoms. The summed E-state index contributed by atoms with van der Waals surface area (Å²) in [6, 6.07) is 12.0. The lowest BCUT2D eigenvalue weighted by atomic mass is 10.4. The van der Waals surface area contributed by atoms with Crippen LogP contribution < -0.4 is 0 Å². The van der Waals surface area contributed by atoms with E-state index in [1.54, 1.807) is 0 Å². The Morgan fingerprint density at radius 3 is 0.824 bits per heavy atom. The fraction of sp³-hybridized carbons (Fsp3) is 0.529. The first-order valence-electron chi connectivity index (χ1n) is 6.66. The van der Waals surface area contributed by atoms with Crippen LogP contribution in [-0.4, -0.2) is 0 Å². The zero-order valence-corrected chi connectivity index (χ0v) is 13.2. The van der Waals surface area contributed by atoms with Crippen LogP contribution in [0.2, 0.25) is 0 Å². The van der Waals surface area contributed by atoms with Crippen LogP contribution >= 0.6 is 0 Å². The summed E-state index contributed by atoms with van der Waals surface area (Å²) in [4.78, 5) is 0. The van der Waals surface area contributed by atoms with E-state index >= 15 is 0 Å². The smallest absolute Gasteiger partial charge is 0 e. The minimum atomic E-state index is 0. The molecule has 0 N–H and O–H groups in total. The predicted octanol–water partition coefficient (Wildman–Crippen LogP) is 6.43. The number of hydrogen-bond donors (Lipinski definition) is 0. The second kappa shape index (κ2) is 46.4. The summed E-state index contributed by atoms with van der Waals surface area (Å²) in [6.07, 6.45) is 1.25. The van der Waals surface area contributed by atoms with E-state index in [2.05, 4.69) is 25.7 Å². The molecule has 0 heteroatoms. The van der Waals surface area contributed by atoms with Crippen LogP contribution in [0.3, 0.4) is 0 Å². The second-order valence-electron chi connectivity index (χ2n) is 2.36. The predicted molar refractivity (Wildman–Crippen MR) is 86.3 cm³/mol. The van der Waals surface area contributed by atoms with Crippen LogP contribution in [0.4, 0.5) is 0 Å². The molecule has 0 amide bonds. The van der Waals surface area contributed by atoms with Gasteiger partial charge in [0.05, 0.1) is 0 Å². The van der Waals surface area contributed by atoms with E-state index in [1.165, 1.54) is 6.42 Å². The summed E-state index contributed by atoms with van der Waals surface area (Å²) in [5.41, 5.74) is 0. The zero-order valence-electron chi connectivity index (χ0n) is 13.2. The number of rotatable bonds is 0. The molecule has 0 aliphatic rings. The normalized spacial score (nSPS) is 5.41. The van der Waals surface area contributed by atoms with Crippen molar-refractivity contribution in [1.29, 1.82) is 0 Å². The van der Waals surface area contributed by atoms with Gasteiger partial charge in [0.2, 0.25) is 0 Å². The van der Waals surface area contributed by atoms with Gasteiger partial charge < -0.3 is 0 Å². The van der Waals surface area contributed by atoms with Crippen molar-refractivity contribution < 1.29 is 1.43 Å². The van der Waals surface area contributed by atoms with Crippen molar-refractivity contribution in [2.24, 2.45) is 0 Å². The molecule has 102 valence electrons. The molecular formula is C17H34. The Morgan fingerprint density at radius 2 is 0.765 bits per heavy atom. The van der Waals surface area contributed by atoms with Gasteiger partial charge in [0.25, 0.3) is 0 Å². The zero-order chi connectivity index (χ0) is 14.4. The van der Waals surface area contributed by atoms with Gasteiger partial charge in [0.1, 0.15) is 0 Å². The van der Waals surface area contributed by atoms with Crippen LogP contribution in [0.15, 0.2) is 36.4 Å². The van der Waals surface area contributed by atoms with Crippen LogP contribution in [-0.2, 0) is 0 Å². The van der Waals surface area contributed by atoms with Crippen LogP contribution in [0.25, 0.3) is 0 Å². The van der Waals surface area contributed by atoms with Gasteiger partial charge in [-0.1, -0.05) is 84.4 Å². The molecule has 0 nitrogen and oxygen atoms in total. The average molecular weight is 238 g/mol. The first kappa shape index (κ1) is 24.8. The minimum absolute atomic E-state index is 0. The molecule has 0 unspecified atom stereocenters. The molecule has 1 rings (SSSR count). The molecule has 0 radical (unpaired) electrons. The molecule has 1 aromatic carbocycles. The molecule has 0 aliphatic carbocycles.